The summed E-state index contributed by atoms with van der Waals surface area (Å²) in [6.45, 7) is 1.86. The molecule has 3 heteroatoms. The van der Waals surface area contributed by atoms with E-state index in [0.717, 1.165) is 5.39 Å². The Kier molecular flexibility index (Phi) is 2.25. The maximum Gasteiger partial charge on any atom is 0.134 e. The van der Waals surface area contributed by atoms with Gasteiger partial charge in [0.05, 0.1) is 6.26 Å². The Balaban J connectivity index is 2.58. The topological polar surface area (TPSA) is 39.2 Å². The van der Waals surface area contributed by atoms with Crippen molar-refractivity contribution in [1.82, 2.24) is 0 Å². The van der Waals surface area contributed by atoms with Gasteiger partial charge in [0.1, 0.15) is 11.4 Å². The summed E-state index contributed by atoms with van der Waals surface area (Å²) in [7, 11) is 0. The first kappa shape index (κ1) is 9.21. The molecule has 0 amide bonds. The molecule has 0 saturated carbocycles. The molecular weight excluding hydrogens is 181 g/mol. The van der Waals surface area contributed by atoms with Crippen LogP contribution in [0.15, 0.2) is 28.9 Å². The van der Waals surface area contributed by atoms with Crippen molar-refractivity contribution < 1.29 is 8.81 Å². The van der Waals surface area contributed by atoms with Crippen molar-refractivity contribution in [2.24, 2.45) is 5.73 Å². The van der Waals surface area contributed by atoms with E-state index in [1.54, 1.807) is 18.4 Å². The van der Waals surface area contributed by atoms with Gasteiger partial charge in [0.15, 0.2) is 0 Å². The van der Waals surface area contributed by atoms with Crippen molar-refractivity contribution in [3.63, 3.8) is 0 Å². The summed E-state index contributed by atoms with van der Waals surface area (Å²) in [4.78, 5) is 0. The average molecular weight is 193 g/mol. The van der Waals surface area contributed by atoms with Crippen molar-refractivity contribution in [3.05, 3.63) is 35.8 Å². The van der Waals surface area contributed by atoms with E-state index in [1.807, 2.05) is 6.92 Å². The zero-order valence-corrected chi connectivity index (χ0v) is 7.96. The van der Waals surface area contributed by atoms with Crippen LogP contribution in [0.25, 0.3) is 11.0 Å². The molecule has 2 rings (SSSR count). The van der Waals surface area contributed by atoms with Crippen LogP contribution in [-0.4, -0.2) is 6.04 Å². The lowest BCUT2D eigenvalue weighted by molar-refractivity contribution is 0.593. The van der Waals surface area contributed by atoms with Crippen LogP contribution in [0, 0.1) is 5.82 Å². The number of fused-ring (bicyclic) bond motifs is 1. The molecule has 2 nitrogen and oxygen atoms in total. The lowest BCUT2D eigenvalue weighted by Crippen LogP contribution is -2.18. The summed E-state index contributed by atoms with van der Waals surface area (Å²) in [5, 5.41) is 0.822. The van der Waals surface area contributed by atoms with Crippen molar-refractivity contribution in [3.8, 4) is 0 Å². The largest absolute Gasteiger partial charge is 0.464 e. The van der Waals surface area contributed by atoms with Gasteiger partial charge in [-0.3, -0.25) is 0 Å². The van der Waals surface area contributed by atoms with Crippen LogP contribution in [0.3, 0.4) is 0 Å². The van der Waals surface area contributed by atoms with Gasteiger partial charge in [0.2, 0.25) is 0 Å². The van der Waals surface area contributed by atoms with Crippen molar-refractivity contribution in [2.45, 2.75) is 19.4 Å². The molecular formula is C11H12FNO. The second-order valence-electron chi connectivity index (χ2n) is 3.54. The van der Waals surface area contributed by atoms with Gasteiger partial charge in [0.25, 0.3) is 0 Å². The Hall–Kier alpha value is -1.35. The highest BCUT2D eigenvalue weighted by atomic mass is 19.1. The summed E-state index contributed by atoms with van der Waals surface area (Å²) in [6, 6.07) is 4.78. The highest BCUT2D eigenvalue weighted by molar-refractivity contribution is 5.81. The first-order valence-corrected chi connectivity index (χ1v) is 4.58. The Labute approximate surface area is 81.5 Å². The second-order valence-corrected chi connectivity index (χ2v) is 3.54. The number of hydrogen-bond acceptors (Lipinski definition) is 2. The predicted molar refractivity (Wildman–Crippen MR) is 53.5 cm³/mol. The SMILES string of the molecule is CC(N)Cc1c(F)ccc2occc12. The number of furan rings is 1. The molecule has 0 aliphatic rings. The van der Waals surface area contributed by atoms with Gasteiger partial charge < -0.3 is 10.2 Å². The standard InChI is InChI=1S/C11H12FNO/c1-7(13)6-9-8-4-5-14-11(8)3-2-10(9)12/h2-5,7H,6,13H2,1H3. The second kappa shape index (κ2) is 3.42. The summed E-state index contributed by atoms with van der Waals surface area (Å²) < 4.78 is 18.6. The smallest absolute Gasteiger partial charge is 0.134 e. The lowest BCUT2D eigenvalue weighted by Gasteiger charge is -2.07. The third-order valence-corrected chi connectivity index (χ3v) is 2.22. The molecule has 0 radical (unpaired) electrons. The van der Waals surface area contributed by atoms with Crippen molar-refractivity contribution in [1.29, 1.82) is 0 Å². The highest BCUT2D eigenvalue weighted by Gasteiger charge is 2.10. The van der Waals surface area contributed by atoms with E-state index in [9.17, 15) is 4.39 Å². The summed E-state index contributed by atoms with van der Waals surface area (Å²) >= 11 is 0. The first-order valence-electron chi connectivity index (χ1n) is 4.58. The van der Waals surface area contributed by atoms with Crippen molar-refractivity contribution >= 4 is 11.0 Å². The molecule has 14 heavy (non-hydrogen) atoms. The predicted octanol–water partition coefficient (Wildman–Crippen LogP) is 2.46. The van der Waals surface area contributed by atoms with Gasteiger partial charge in [-0.2, -0.15) is 0 Å². The number of hydrogen-bond donors (Lipinski definition) is 1. The van der Waals surface area contributed by atoms with Crippen LogP contribution in [0.5, 0.6) is 0 Å². The van der Waals surface area contributed by atoms with E-state index in [2.05, 4.69) is 0 Å². The average Bonchev–Trinajstić information content (AvgIpc) is 2.57. The van der Waals surface area contributed by atoms with E-state index < -0.39 is 0 Å². The molecule has 1 aromatic carbocycles. The van der Waals surface area contributed by atoms with Gasteiger partial charge in [-0.05, 0) is 31.5 Å². The molecule has 0 aliphatic heterocycles. The maximum absolute atomic E-state index is 13.5. The molecule has 1 heterocycles. The van der Waals surface area contributed by atoms with Gasteiger partial charge in [0, 0.05) is 17.0 Å². The van der Waals surface area contributed by atoms with E-state index in [1.165, 1.54) is 6.07 Å². The monoisotopic (exact) mass is 193 g/mol. The summed E-state index contributed by atoms with van der Waals surface area (Å²) in [5.74, 6) is -0.212. The number of nitrogens with two attached hydrogens (primary N) is 1. The minimum absolute atomic E-state index is 0.0509. The maximum atomic E-state index is 13.5. The quantitative estimate of drug-likeness (QED) is 0.795. The zero-order valence-electron chi connectivity index (χ0n) is 7.96. The van der Waals surface area contributed by atoms with E-state index in [4.69, 9.17) is 10.2 Å². The Bertz CT molecular complexity index is 447. The zero-order chi connectivity index (χ0) is 10.1. The molecule has 74 valence electrons. The van der Waals surface area contributed by atoms with Gasteiger partial charge >= 0.3 is 0 Å². The molecule has 1 aromatic heterocycles. The number of halogens is 1. The first-order chi connectivity index (χ1) is 6.68. The normalized spacial score (nSPS) is 13.4. The number of benzene rings is 1. The fourth-order valence-corrected chi connectivity index (χ4v) is 1.61. The van der Waals surface area contributed by atoms with E-state index in [0.29, 0.717) is 17.6 Å². The van der Waals surface area contributed by atoms with Crippen LogP contribution in [-0.2, 0) is 6.42 Å². The molecule has 0 saturated heterocycles. The minimum atomic E-state index is -0.212. The molecule has 2 aromatic rings. The third kappa shape index (κ3) is 1.51. The van der Waals surface area contributed by atoms with Crippen LogP contribution < -0.4 is 5.73 Å². The van der Waals surface area contributed by atoms with Gasteiger partial charge in [-0.15, -0.1) is 0 Å². The number of rotatable bonds is 2. The van der Waals surface area contributed by atoms with Gasteiger partial charge in [-0.25, -0.2) is 4.39 Å². The molecule has 1 unspecified atom stereocenters. The Morgan fingerprint density at radius 2 is 2.21 bits per heavy atom. The third-order valence-electron chi connectivity index (χ3n) is 2.22. The van der Waals surface area contributed by atoms with Crippen LogP contribution in [0.2, 0.25) is 0 Å². The fraction of sp³-hybridized carbons (Fsp3) is 0.273. The van der Waals surface area contributed by atoms with Crippen molar-refractivity contribution in [2.75, 3.05) is 0 Å². The lowest BCUT2D eigenvalue weighted by atomic mass is 10.0. The van der Waals surface area contributed by atoms with Crippen LogP contribution >= 0.6 is 0 Å². The molecule has 0 fully saturated rings. The Morgan fingerprint density at radius 3 is 2.93 bits per heavy atom. The molecule has 0 spiro atoms. The Morgan fingerprint density at radius 1 is 1.43 bits per heavy atom. The van der Waals surface area contributed by atoms with E-state index >= 15 is 0 Å². The molecule has 1 atom stereocenters. The van der Waals surface area contributed by atoms with Gasteiger partial charge in [-0.1, -0.05) is 0 Å². The van der Waals surface area contributed by atoms with Crippen LogP contribution in [0.1, 0.15) is 12.5 Å². The highest BCUT2D eigenvalue weighted by Crippen LogP contribution is 2.23. The molecule has 2 N–H and O–H groups in total. The fourth-order valence-electron chi connectivity index (χ4n) is 1.61. The summed E-state index contributed by atoms with van der Waals surface area (Å²) in [6.07, 6.45) is 2.09. The molecule has 0 bridgehead atoms. The summed E-state index contributed by atoms with van der Waals surface area (Å²) in [5.41, 5.74) is 7.01. The van der Waals surface area contributed by atoms with Crippen LogP contribution in [0.4, 0.5) is 4.39 Å². The van der Waals surface area contributed by atoms with E-state index in [-0.39, 0.29) is 11.9 Å². The molecule has 0 aliphatic carbocycles. The minimum Gasteiger partial charge on any atom is -0.464 e.